The number of carbonyl (C=O) groups is 1. The molecule has 3 heterocycles. The van der Waals surface area contributed by atoms with E-state index in [0.717, 1.165) is 42.4 Å². The van der Waals surface area contributed by atoms with Gasteiger partial charge in [-0.3, -0.25) is 4.79 Å². The summed E-state index contributed by atoms with van der Waals surface area (Å²) in [6.07, 6.45) is 4.85. The molecule has 1 aliphatic heterocycles. The molecule has 1 N–H and O–H groups in total. The molecule has 1 aliphatic rings. The van der Waals surface area contributed by atoms with Crippen molar-refractivity contribution < 1.29 is 14.1 Å². The topological polar surface area (TPSA) is 82.2 Å². The summed E-state index contributed by atoms with van der Waals surface area (Å²) < 4.78 is 13.1. The Morgan fingerprint density at radius 3 is 2.87 bits per heavy atom. The second kappa shape index (κ2) is 9.49. The highest BCUT2D eigenvalue weighted by atomic mass is 32.2. The number of hydrogen-bond donors (Lipinski definition) is 1. The van der Waals surface area contributed by atoms with Crippen molar-refractivity contribution in [2.45, 2.75) is 56.2 Å². The van der Waals surface area contributed by atoms with Gasteiger partial charge in [-0.2, -0.15) is 0 Å². The van der Waals surface area contributed by atoms with Gasteiger partial charge in [0, 0.05) is 12.7 Å². The standard InChI is InChI=1S/C22H26N4O3S/c1-3-19(21(27)24-20-12-15(2)29-25-20)30-22-23-13-18(16-8-5-4-6-9-16)26(22)14-17-10-7-11-28-17/h4-6,8-9,12-13,17,19H,3,7,10-11,14H2,1-2H3,(H,24,25,27). The summed E-state index contributed by atoms with van der Waals surface area (Å²) >= 11 is 1.47. The molecular formula is C22H26N4O3S. The van der Waals surface area contributed by atoms with E-state index in [9.17, 15) is 4.79 Å². The Bertz CT molecular complexity index is 979. The van der Waals surface area contributed by atoms with Crippen molar-refractivity contribution in [2.24, 2.45) is 0 Å². The predicted octanol–water partition coefficient (Wildman–Crippen LogP) is 4.53. The van der Waals surface area contributed by atoms with Crippen molar-refractivity contribution in [2.75, 3.05) is 11.9 Å². The van der Waals surface area contributed by atoms with E-state index in [1.807, 2.05) is 31.3 Å². The molecule has 0 saturated carbocycles. The number of thioether (sulfide) groups is 1. The van der Waals surface area contributed by atoms with Crippen LogP contribution in [0.5, 0.6) is 0 Å². The number of imidazole rings is 1. The van der Waals surface area contributed by atoms with Crippen LogP contribution in [-0.4, -0.2) is 38.6 Å². The van der Waals surface area contributed by atoms with Crippen LogP contribution in [0.2, 0.25) is 0 Å². The van der Waals surface area contributed by atoms with Crippen molar-refractivity contribution in [1.82, 2.24) is 14.7 Å². The molecule has 0 bridgehead atoms. The van der Waals surface area contributed by atoms with E-state index >= 15 is 0 Å². The summed E-state index contributed by atoms with van der Waals surface area (Å²) in [4.78, 5) is 17.5. The highest BCUT2D eigenvalue weighted by molar-refractivity contribution is 8.00. The van der Waals surface area contributed by atoms with E-state index in [1.165, 1.54) is 11.8 Å². The van der Waals surface area contributed by atoms with E-state index in [-0.39, 0.29) is 17.3 Å². The number of carbonyl (C=O) groups excluding carboxylic acids is 1. The van der Waals surface area contributed by atoms with Gasteiger partial charge in [0.1, 0.15) is 5.76 Å². The van der Waals surface area contributed by atoms with Crippen molar-refractivity contribution in [3.05, 3.63) is 48.4 Å². The molecule has 30 heavy (non-hydrogen) atoms. The molecule has 7 nitrogen and oxygen atoms in total. The normalized spacial score (nSPS) is 17.2. The first-order chi connectivity index (χ1) is 14.6. The number of aromatic nitrogens is 3. The Labute approximate surface area is 180 Å². The molecule has 2 aromatic heterocycles. The van der Waals surface area contributed by atoms with Gasteiger partial charge in [0.05, 0.1) is 29.8 Å². The number of ether oxygens (including phenoxy) is 1. The SMILES string of the molecule is CCC(Sc1ncc(-c2ccccc2)n1CC1CCCO1)C(=O)Nc1cc(C)on1. The number of hydrogen-bond acceptors (Lipinski definition) is 6. The maximum absolute atomic E-state index is 12.8. The lowest BCUT2D eigenvalue weighted by Gasteiger charge is -2.18. The lowest BCUT2D eigenvalue weighted by Crippen LogP contribution is -2.25. The molecule has 4 rings (SSSR count). The van der Waals surface area contributed by atoms with Crippen molar-refractivity contribution in [3.63, 3.8) is 0 Å². The fourth-order valence-electron chi connectivity index (χ4n) is 3.54. The van der Waals surface area contributed by atoms with Gasteiger partial charge >= 0.3 is 0 Å². The smallest absolute Gasteiger partial charge is 0.239 e. The van der Waals surface area contributed by atoms with Crippen LogP contribution in [0.25, 0.3) is 11.3 Å². The summed E-state index contributed by atoms with van der Waals surface area (Å²) in [7, 11) is 0. The third kappa shape index (κ3) is 4.76. The summed E-state index contributed by atoms with van der Waals surface area (Å²) in [6.45, 7) is 5.32. The molecule has 0 aliphatic carbocycles. The van der Waals surface area contributed by atoms with E-state index in [1.54, 1.807) is 13.0 Å². The minimum absolute atomic E-state index is 0.108. The van der Waals surface area contributed by atoms with Gasteiger partial charge in [0.25, 0.3) is 0 Å². The Hall–Kier alpha value is -2.58. The van der Waals surface area contributed by atoms with Crippen LogP contribution in [0.4, 0.5) is 5.82 Å². The summed E-state index contributed by atoms with van der Waals surface area (Å²) in [5.74, 6) is 0.985. The molecule has 2 unspecified atom stereocenters. The van der Waals surface area contributed by atoms with Crippen LogP contribution in [0, 0.1) is 6.92 Å². The van der Waals surface area contributed by atoms with Gasteiger partial charge < -0.3 is 19.1 Å². The van der Waals surface area contributed by atoms with Crippen LogP contribution in [0.3, 0.4) is 0 Å². The number of rotatable bonds is 8. The molecule has 1 aromatic carbocycles. The van der Waals surface area contributed by atoms with Crippen molar-refractivity contribution in [3.8, 4) is 11.3 Å². The summed E-state index contributed by atoms with van der Waals surface area (Å²) in [6, 6.07) is 11.9. The van der Waals surface area contributed by atoms with Gasteiger partial charge in [0.2, 0.25) is 5.91 Å². The molecule has 0 spiro atoms. The minimum Gasteiger partial charge on any atom is -0.376 e. The van der Waals surface area contributed by atoms with Crippen molar-refractivity contribution in [1.29, 1.82) is 0 Å². The fraction of sp³-hybridized carbons (Fsp3) is 0.409. The average Bonchev–Trinajstić information content (AvgIpc) is 3.50. The number of amides is 1. The van der Waals surface area contributed by atoms with Crippen LogP contribution in [0.1, 0.15) is 31.9 Å². The Morgan fingerprint density at radius 2 is 2.20 bits per heavy atom. The van der Waals surface area contributed by atoms with Crippen LogP contribution >= 0.6 is 11.8 Å². The number of nitrogens with zero attached hydrogens (tertiary/aromatic N) is 3. The second-order valence-electron chi connectivity index (χ2n) is 7.36. The van der Waals surface area contributed by atoms with E-state index < -0.39 is 0 Å². The highest BCUT2D eigenvalue weighted by Gasteiger charge is 2.25. The number of anilines is 1. The first kappa shape index (κ1) is 20.7. The molecule has 158 valence electrons. The molecule has 1 fully saturated rings. The molecule has 3 aromatic rings. The highest BCUT2D eigenvalue weighted by Crippen LogP contribution is 2.31. The maximum atomic E-state index is 12.8. The minimum atomic E-state index is -0.295. The molecule has 1 amide bonds. The van der Waals surface area contributed by atoms with E-state index in [4.69, 9.17) is 9.26 Å². The summed E-state index contributed by atoms with van der Waals surface area (Å²) in [5, 5.41) is 7.22. The zero-order valence-electron chi connectivity index (χ0n) is 17.2. The maximum Gasteiger partial charge on any atom is 0.239 e. The van der Waals surface area contributed by atoms with E-state index in [2.05, 4.69) is 32.2 Å². The zero-order valence-corrected chi connectivity index (χ0v) is 18.0. The van der Waals surface area contributed by atoms with Gasteiger partial charge in [0.15, 0.2) is 11.0 Å². The predicted molar refractivity (Wildman–Crippen MR) is 116 cm³/mol. The quantitative estimate of drug-likeness (QED) is 0.533. The third-order valence-corrected chi connectivity index (χ3v) is 6.46. The van der Waals surface area contributed by atoms with Crippen molar-refractivity contribution >= 4 is 23.5 Å². The largest absolute Gasteiger partial charge is 0.376 e. The number of aryl methyl sites for hydroxylation is 1. The summed E-state index contributed by atoms with van der Waals surface area (Å²) in [5.41, 5.74) is 2.14. The van der Waals surface area contributed by atoms with E-state index in [0.29, 0.717) is 18.0 Å². The molecule has 0 radical (unpaired) electrons. The Morgan fingerprint density at radius 1 is 1.37 bits per heavy atom. The van der Waals surface area contributed by atoms with Crippen LogP contribution < -0.4 is 5.32 Å². The molecule has 8 heteroatoms. The van der Waals surface area contributed by atoms with Gasteiger partial charge in [-0.15, -0.1) is 0 Å². The van der Waals surface area contributed by atoms with Crippen LogP contribution in [-0.2, 0) is 16.1 Å². The van der Waals surface area contributed by atoms with Crippen LogP contribution in [0.15, 0.2) is 52.3 Å². The zero-order chi connectivity index (χ0) is 20.9. The second-order valence-corrected chi connectivity index (χ2v) is 8.53. The number of benzene rings is 1. The lowest BCUT2D eigenvalue weighted by atomic mass is 10.1. The lowest BCUT2D eigenvalue weighted by molar-refractivity contribution is -0.115. The molecular weight excluding hydrogens is 400 g/mol. The molecule has 2 atom stereocenters. The first-order valence-corrected chi connectivity index (χ1v) is 11.2. The molecule has 1 saturated heterocycles. The van der Waals surface area contributed by atoms with Gasteiger partial charge in [-0.1, -0.05) is 54.2 Å². The Kier molecular flexibility index (Phi) is 6.54. The third-order valence-electron chi connectivity index (χ3n) is 5.09. The monoisotopic (exact) mass is 426 g/mol. The Balaban J connectivity index is 1.57. The first-order valence-electron chi connectivity index (χ1n) is 10.3. The van der Waals surface area contributed by atoms with Gasteiger partial charge in [-0.25, -0.2) is 4.98 Å². The van der Waals surface area contributed by atoms with Gasteiger partial charge in [-0.05, 0) is 31.7 Å². The fourth-order valence-corrected chi connectivity index (χ4v) is 4.54. The number of nitrogens with one attached hydrogen (secondary N) is 1. The average molecular weight is 427 g/mol.